The number of aromatic nitrogens is 6. The van der Waals surface area contributed by atoms with Gasteiger partial charge in [0.1, 0.15) is 11.3 Å². The molecule has 1 aliphatic carbocycles. The van der Waals surface area contributed by atoms with Crippen molar-refractivity contribution < 1.29 is 0 Å². The molecule has 4 aromatic heterocycles. The van der Waals surface area contributed by atoms with Crippen LogP contribution >= 0.6 is 0 Å². The number of rotatable bonds is 5. The molecule has 8 nitrogen and oxygen atoms in total. The Balaban J connectivity index is 1.42. The van der Waals surface area contributed by atoms with Gasteiger partial charge in [0.2, 0.25) is 5.95 Å². The van der Waals surface area contributed by atoms with Crippen molar-refractivity contribution in [2.45, 2.75) is 58.2 Å². The van der Waals surface area contributed by atoms with Crippen molar-refractivity contribution in [2.75, 3.05) is 12.4 Å². The number of pyridine rings is 1. The summed E-state index contributed by atoms with van der Waals surface area (Å²) in [6.07, 6.45) is 8.51. The number of imidazole rings is 1. The summed E-state index contributed by atoms with van der Waals surface area (Å²) in [6, 6.07) is 7.19. The number of hydrogen-bond donors (Lipinski definition) is 2. The second-order valence-corrected chi connectivity index (χ2v) is 8.07. The summed E-state index contributed by atoms with van der Waals surface area (Å²) in [5.74, 6) is 1.67. The zero-order valence-electron chi connectivity index (χ0n) is 17.8. The molecule has 1 aliphatic rings. The summed E-state index contributed by atoms with van der Waals surface area (Å²) in [5.41, 5.74) is 4.74. The number of nitrogens with zero attached hydrogens (tertiary/aromatic N) is 6. The standard InChI is InChI=1S/C22H28N8/c1-4-29-14(2)25-19-10-9-18(27-21(19)29)17-11-12-30-20(17)13-24-22(28-30)26-16-7-5-15(23-3)6-8-16/h9-13,15-16,23H,4-8H2,1-3H3,(H,26,28)/t15-,16+. The van der Waals surface area contributed by atoms with Crippen LogP contribution in [-0.4, -0.2) is 48.3 Å². The van der Waals surface area contributed by atoms with E-state index in [0.717, 1.165) is 53.1 Å². The first-order valence-electron chi connectivity index (χ1n) is 10.8. The molecule has 0 atom stereocenters. The van der Waals surface area contributed by atoms with Crippen molar-refractivity contribution in [3.05, 3.63) is 36.4 Å². The summed E-state index contributed by atoms with van der Waals surface area (Å²) in [7, 11) is 2.04. The Bertz CT molecular complexity index is 1180. The molecule has 2 N–H and O–H groups in total. The molecule has 0 saturated heterocycles. The Kier molecular flexibility index (Phi) is 4.86. The van der Waals surface area contributed by atoms with E-state index in [2.05, 4.69) is 43.3 Å². The smallest absolute Gasteiger partial charge is 0.241 e. The molecule has 0 bridgehead atoms. The van der Waals surface area contributed by atoms with Crippen LogP contribution in [0.5, 0.6) is 0 Å². The highest BCUT2D eigenvalue weighted by atomic mass is 15.3. The number of nitrogens with one attached hydrogen (secondary N) is 2. The van der Waals surface area contributed by atoms with Crippen molar-refractivity contribution in [3.8, 4) is 11.3 Å². The van der Waals surface area contributed by atoms with Crippen LogP contribution in [-0.2, 0) is 6.54 Å². The van der Waals surface area contributed by atoms with Gasteiger partial charge in [-0.1, -0.05) is 0 Å². The van der Waals surface area contributed by atoms with Gasteiger partial charge in [0, 0.05) is 30.4 Å². The van der Waals surface area contributed by atoms with E-state index >= 15 is 0 Å². The van der Waals surface area contributed by atoms with Gasteiger partial charge < -0.3 is 15.2 Å². The average Bonchev–Trinajstić information content (AvgIpc) is 3.33. The molecular formula is C22H28N8. The lowest BCUT2D eigenvalue weighted by Crippen LogP contribution is -2.35. The quantitative estimate of drug-likeness (QED) is 0.530. The maximum absolute atomic E-state index is 4.90. The topological polar surface area (TPSA) is 85.0 Å². The van der Waals surface area contributed by atoms with Gasteiger partial charge in [-0.3, -0.25) is 0 Å². The van der Waals surface area contributed by atoms with Crippen LogP contribution in [0.4, 0.5) is 5.95 Å². The van der Waals surface area contributed by atoms with E-state index in [-0.39, 0.29) is 0 Å². The van der Waals surface area contributed by atoms with E-state index in [9.17, 15) is 0 Å². The largest absolute Gasteiger partial charge is 0.350 e. The van der Waals surface area contributed by atoms with Crippen molar-refractivity contribution in [1.29, 1.82) is 0 Å². The predicted octanol–water partition coefficient (Wildman–Crippen LogP) is 3.41. The van der Waals surface area contributed by atoms with Crippen molar-refractivity contribution in [3.63, 3.8) is 0 Å². The third-order valence-electron chi connectivity index (χ3n) is 6.26. The third kappa shape index (κ3) is 3.31. The van der Waals surface area contributed by atoms with Crippen LogP contribution in [0.3, 0.4) is 0 Å². The second-order valence-electron chi connectivity index (χ2n) is 8.07. The highest BCUT2D eigenvalue weighted by Crippen LogP contribution is 2.27. The molecule has 4 aromatic rings. The zero-order chi connectivity index (χ0) is 20.7. The molecule has 30 heavy (non-hydrogen) atoms. The molecule has 1 saturated carbocycles. The number of anilines is 1. The molecule has 0 unspecified atom stereocenters. The maximum Gasteiger partial charge on any atom is 0.241 e. The maximum atomic E-state index is 4.90. The minimum absolute atomic E-state index is 0.434. The second kappa shape index (κ2) is 7.68. The van der Waals surface area contributed by atoms with Gasteiger partial charge in [-0.25, -0.2) is 19.5 Å². The van der Waals surface area contributed by atoms with Gasteiger partial charge in [-0.05, 0) is 64.8 Å². The Morgan fingerprint density at radius 2 is 1.87 bits per heavy atom. The zero-order valence-corrected chi connectivity index (χ0v) is 17.8. The Labute approximate surface area is 175 Å². The van der Waals surface area contributed by atoms with Crippen molar-refractivity contribution >= 4 is 22.6 Å². The fourth-order valence-corrected chi connectivity index (χ4v) is 4.54. The molecular weight excluding hydrogens is 376 g/mol. The monoisotopic (exact) mass is 404 g/mol. The minimum atomic E-state index is 0.434. The Morgan fingerprint density at radius 1 is 1.07 bits per heavy atom. The molecule has 0 radical (unpaired) electrons. The summed E-state index contributed by atoms with van der Waals surface area (Å²) >= 11 is 0. The summed E-state index contributed by atoms with van der Waals surface area (Å²) in [5, 5.41) is 11.6. The van der Waals surface area contributed by atoms with E-state index < -0.39 is 0 Å². The van der Waals surface area contributed by atoms with Crippen LogP contribution in [0.2, 0.25) is 0 Å². The summed E-state index contributed by atoms with van der Waals surface area (Å²) < 4.78 is 4.02. The molecule has 8 heteroatoms. The van der Waals surface area contributed by atoms with Crippen LogP contribution in [0, 0.1) is 6.92 Å². The van der Waals surface area contributed by atoms with Crippen LogP contribution in [0.1, 0.15) is 38.4 Å². The number of hydrogen-bond acceptors (Lipinski definition) is 6. The molecule has 0 aliphatic heterocycles. The highest BCUT2D eigenvalue weighted by molar-refractivity contribution is 5.82. The lowest BCUT2D eigenvalue weighted by atomic mass is 9.91. The van der Waals surface area contributed by atoms with Gasteiger partial charge in [-0.15, -0.1) is 5.10 Å². The predicted molar refractivity (Wildman–Crippen MR) is 119 cm³/mol. The van der Waals surface area contributed by atoms with Crippen molar-refractivity contribution in [1.82, 2.24) is 34.4 Å². The SMILES string of the molecule is CCn1c(C)nc2ccc(-c3ccn4nc(N[C@H]5CC[C@@H](NC)CC5)ncc34)nc21. The third-order valence-corrected chi connectivity index (χ3v) is 6.26. The molecule has 0 spiro atoms. The van der Waals surface area contributed by atoms with Crippen LogP contribution in [0.25, 0.3) is 27.9 Å². The van der Waals surface area contributed by atoms with E-state index in [1.165, 1.54) is 12.8 Å². The lowest BCUT2D eigenvalue weighted by Gasteiger charge is -2.28. The molecule has 1 fully saturated rings. The summed E-state index contributed by atoms with van der Waals surface area (Å²) in [4.78, 5) is 14.1. The minimum Gasteiger partial charge on any atom is -0.350 e. The van der Waals surface area contributed by atoms with Gasteiger partial charge in [0.25, 0.3) is 0 Å². The fourth-order valence-electron chi connectivity index (χ4n) is 4.54. The highest BCUT2D eigenvalue weighted by Gasteiger charge is 2.21. The van der Waals surface area contributed by atoms with E-state index in [0.29, 0.717) is 18.0 Å². The molecule has 4 heterocycles. The van der Waals surface area contributed by atoms with Gasteiger partial charge in [-0.2, -0.15) is 0 Å². The number of aryl methyl sites for hydroxylation is 2. The normalized spacial score (nSPS) is 19.6. The first-order valence-corrected chi connectivity index (χ1v) is 10.8. The molecule has 0 aromatic carbocycles. The molecule has 156 valence electrons. The van der Waals surface area contributed by atoms with Gasteiger partial charge >= 0.3 is 0 Å². The van der Waals surface area contributed by atoms with Crippen molar-refractivity contribution in [2.24, 2.45) is 0 Å². The number of fused-ring (bicyclic) bond motifs is 2. The molecule has 0 amide bonds. The van der Waals surface area contributed by atoms with Crippen LogP contribution in [0.15, 0.2) is 30.6 Å². The fraction of sp³-hybridized carbons (Fsp3) is 0.455. The first-order chi connectivity index (χ1) is 14.7. The van der Waals surface area contributed by atoms with Gasteiger partial charge in [0.05, 0.1) is 17.4 Å². The first kappa shape index (κ1) is 19.0. The Morgan fingerprint density at radius 3 is 2.63 bits per heavy atom. The molecule has 5 rings (SSSR count). The van der Waals surface area contributed by atoms with E-state index in [1.807, 2.05) is 43.0 Å². The lowest BCUT2D eigenvalue weighted by molar-refractivity contribution is 0.370. The van der Waals surface area contributed by atoms with E-state index in [1.54, 1.807) is 0 Å². The average molecular weight is 405 g/mol. The van der Waals surface area contributed by atoms with E-state index in [4.69, 9.17) is 4.98 Å². The summed E-state index contributed by atoms with van der Waals surface area (Å²) in [6.45, 7) is 4.99. The Hall–Kier alpha value is -3.00. The van der Waals surface area contributed by atoms with Gasteiger partial charge in [0.15, 0.2) is 5.65 Å². The van der Waals surface area contributed by atoms with Crippen LogP contribution < -0.4 is 10.6 Å².